The maximum absolute atomic E-state index is 12.4. The molecule has 6 heteroatoms. The fraction of sp³-hybridized carbons (Fsp3) is 0.412. The number of benzene rings is 1. The minimum absolute atomic E-state index is 0.00228. The van der Waals surface area contributed by atoms with Crippen molar-refractivity contribution in [1.82, 2.24) is 9.88 Å². The second-order valence-electron chi connectivity index (χ2n) is 5.62. The Labute approximate surface area is 140 Å². The van der Waals surface area contributed by atoms with Gasteiger partial charge in [0, 0.05) is 25.0 Å². The Bertz CT molecular complexity index is 636. The number of piperidine rings is 1. The van der Waals surface area contributed by atoms with E-state index in [-0.39, 0.29) is 12.0 Å². The van der Waals surface area contributed by atoms with Crippen molar-refractivity contribution in [2.75, 3.05) is 13.1 Å². The van der Waals surface area contributed by atoms with Crippen LogP contribution in [0.2, 0.25) is 0 Å². The minimum atomic E-state index is 0.00228. The molecule has 0 radical (unpaired) electrons. The van der Waals surface area contributed by atoms with E-state index in [1.54, 1.807) is 5.38 Å². The molecule has 0 saturated carbocycles. The molecule has 122 valence electrons. The number of nitrogens with two attached hydrogens (primary N) is 1. The molecule has 23 heavy (non-hydrogen) atoms. The molecule has 2 aromatic rings. The van der Waals surface area contributed by atoms with Crippen LogP contribution in [0.1, 0.15) is 33.9 Å². The smallest absolute Gasteiger partial charge is 0.273 e. The fourth-order valence-corrected chi connectivity index (χ4v) is 3.33. The Morgan fingerprint density at radius 3 is 2.70 bits per heavy atom. The van der Waals surface area contributed by atoms with Crippen LogP contribution in [0.5, 0.6) is 0 Å². The van der Waals surface area contributed by atoms with Gasteiger partial charge in [0.1, 0.15) is 10.7 Å². The number of carbonyl (C=O) groups is 1. The van der Waals surface area contributed by atoms with Gasteiger partial charge in [-0.25, -0.2) is 4.98 Å². The van der Waals surface area contributed by atoms with E-state index in [2.05, 4.69) is 17.1 Å². The molecule has 1 saturated heterocycles. The van der Waals surface area contributed by atoms with Crippen molar-refractivity contribution in [3.05, 3.63) is 52.0 Å². The van der Waals surface area contributed by atoms with Crippen molar-refractivity contribution in [3.63, 3.8) is 0 Å². The van der Waals surface area contributed by atoms with Crippen LogP contribution >= 0.6 is 11.3 Å². The van der Waals surface area contributed by atoms with Crippen molar-refractivity contribution in [1.29, 1.82) is 0 Å². The van der Waals surface area contributed by atoms with Crippen LogP contribution in [-0.4, -0.2) is 35.0 Å². The highest BCUT2D eigenvalue weighted by atomic mass is 32.1. The lowest BCUT2D eigenvalue weighted by Crippen LogP contribution is -2.41. The van der Waals surface area contributed by atoms with Gasteiger partial charge in [0.2, 0.25) is 0 Å². The number of rotatable bonds is 5. The van der Waals surface area contributed by atoms with Crippen LogP contribution in [0.3, 0.4) is 0 Å². The van der Waals surface area contributed by atoms with Crippen LogP contribution in [0.25, 0.3) is 0 Å². The molecule has 1 aromatic carbocycles. The summed E-state index contributed by atoms with van der Waals surface area (Å²) in [5.41, 5.74) is 7.24. The monoisotopic (exact) mass is 331 g/mol. The number of nitrogens with zero attached hydrogens (tertiary/aromatic N) is 2. The topological polar surface area (TPSA) is 68.5 Å². The van der Waals surface area contributed by atoms with E-state index >= 15 is 0 Å². The Kier molecular flexibility index (Phi) is 5.38. The highest BCUT2D eigenvalue weighted by Gasteiger charge is 2.25. The first-order valence-corrected chi connectivity index (χ1v) is 8.73. The van der Waals surface area contributed by atoms with Gasteiger partial charge in [-0.05, 0) is 18.4 Å². The molecule has 1 amide bonds. The molecule has 2 heterocycles. The normalized spacial score (nSPS) is 15.8. The molecule has 1 fully saturated rings. The Morgan fingerprint density at radius 1 is 1.30 bits per heavy atom. The van der Waals surface area contributed by atoms with Gasteiger partial charge in [0.25, 0.3) is 5.91 Å². The zero-order valence-corrected chi connectivity index (χ0v) is 13.8. The molecule has 1 aliphatic heterocycles. The average molecular weight is 331 g/mol. The maximum atomic E-state index is 12.4. The van der Waals surface area contributed by atoms with Gasteiger partial charge in [-0.15, -0.1) is 11.3 Å². The minimum Gasteiger partial charge on any atom is -0.373 e. The fourth-order valence-electron chi connectivity index (χ4n) is 2.68. The lowest BCUT2D eigenvalue weighted by molar-refractivity contribution is -0.000495. The molecule has 0 bridgehead atoms. The van der Waals surface area contributed by atoms with Gasteiger partial charge in [-0.1, -0.05) is 30.3 Å². The number of thiazole rings is 1. The number of hydrogen-bond acceptors (Lipinski definition) is 5. The standard InChI is InChI=1S/C17H21N3O2S/c18-10-16-19-15(12-23-16)17(21)20-8-6-14(7-9-20)22-11-13-4-2-1-3-5-13/h1-5,12,14H,6-11,18H2. The van der Waals surface area contributed by atoms with E-state index in [1.807, 2.05) is 23.1 Å². The number of carbonyl (C=O) groups excluding carboxylic acids is 1. The summed E-state index contributed by atoms with van der Waals surface area (Å²) in [6, 6.07) is 10.2. The van der Waals surface area contributed by atoms with Gasteiger partial charge >= 0.3 is 0 Å². The van der Waals surface area contributed by atoms with Crippen LogP contribution in [0.4, 0.5) is 0 Å². The van der Waals surface area contributed by atoms with Gasteiger partial charge < -0.3 is 15.4 Å². The number of ether oxygens (including phenoxy) is 1. The lowest BCUT2D eigenvalue weighted by Gasteiger charge is -2.31. The molecular weight excluding hydrogens is 310 g/mol. The molecule has 0 spiro atoms. The Balaban J connectivity index is 1.47. The summed E-state index contributed by atoms with van der Waals surface area (Å²) >= 11 is 1.44. The summed E-state index contributed by atoms with van der Waals surface area (Å²) in [6.07, 6.45) is 1.95. The zero-order valence-electron chi connectivity index (χ0n) is 13.0. The second-order valence-corrected chi connectivity index (χ2v) is 6.56. The summed E-state index contributed by atoms with van der Waals surface area (Å²) in [5.74, 6) is 0.00228. The van der Waals surface area contributed by atoms with Crippen molar-refractivity contribution >= 4 is 17.2 Å². The van der Waals surface area contributed by atoms with E-state index in [9.17, 15) is 4.79 Å². The predicted molar refractivity (Wildman–Crippen MR) is 90.2 cm³/mol. The first-order chi connectivity index (χ1) is 11.3. The molecule has 2 N–H and O–H groups in total. The molecule has 0 aliphatic carbocycles. The highest BCUT2D eigenvalue weighted by Crippen LogP contribution is 2.18. The summed E-state index contributed by atoms with van der Waals surface area (Å²) in [7, 11) is 0. The highest BCUT2D eigenvalue weighted by molar-refractivity contribution is 7.09. The van der Waals surface area contributed by atoms with Crippen molar-refractivity contribution < 1.29 is 9.53 Å². The van der Waals surface area contributed by atoms with E-state index in [0.717, 1.165) is 17.8 Å². The van der Waals surface area contributed by atoms with Gasteiger partial charge in [0.05, 0.1) is 12.7 Å². The van der Waals surface area contributed by atoms with Crippen LogP contribution in [0, 0.1) is 0 Å². The average Bonchev–Trinajstić information content (AvgIpc) is 3.10. The van der Waals surface area contributed by atoms with E-state index < -0.39 is 0 Å². The van der Waals surface area contributed by atoms with Crippen LogP contribution < -0.4 is 5.73 Å². The lowest BCUT2D eigenvalue weighted by atomic mass is 10.1. The van der Waals surface area contributed by atoms with Crippen LogP contribution in [-0.2, 0) is 17.9 Å². The third-order valence-electron chi connectivity index (χ3n) is 4.00. The molecule has 3 rings (SSSR count). The summed E-state index contributed by atoms with van der Waals surface area (Å²) in [4.78, 5) is 18.5. The number of aromatic nitrogens is 1. The number of likely N-dealkylation sites (tertiary alicyclic amines) is 1. The third-order valence-corrected chi connectivity index (χ3v) is 4.87. The second kappa shape index (κ2) is 7.68. The largest absolute Gasteiger partial charge is 0.373 e. The third kappa shape index (κ3) is 4.16. The summed E-state index contributed by atoms with van der Waals surface area (Å²) < 4.78 is 5.96. The van der Waals surface area contributed by atoms with Crippen molar-refractivity contribution in [2.24, 2.45) is 5.73 Å². The first kappa shape index (κ1) is 16.1. The predicted octanol–water partition coefficient (Wildman–Crippen LogP) is 2.42. The molecule has 5 nitrogen and oxygen atoms in total. The van der Waals surface area contributed by atoms with Crippen molar-refractivity contribution in [3.8, 4) is 0 Å². The molecule has 1 aliphatic rings. The maximum Gasteiger partial charge on any atom is 0.273 e. The van der Waals surface area contributed by atoms with Gasteiger partial charge in [0.15, 0.2) is 0 Å². The first-order valence-electron chi connectivity index (χ1n) is 7.85. The quantitative estimate of drug-likeness (QED) is 0.913. The van der Waals surface area contributed by atoms with E-state index in [1.165, 1.54) is 16.9 Å². The Morgan fingerprint density at radius 2 is 2.04 bits per heavy atom. The number of amides is 1. The number of hydrogen-bond donors (Lipinski definition) is 1. The SMILES string of the molecule is NCc1nc(C(=O)N2CCC(OCc3ccccc3)CC2)cs1. The van der Waals surface area contributed by atoms with Crippen LogP contribution in [0.15, 0.2) is 35.7 Å². The van der Waals surface area contributed by atoms with Crippen molar-refractivity contribution in [2.45, 2.75) is 32.1 Å². The summed E-state index contributed by atoms with van der Waals surface area (Å²) in [6.45, 7) is 2.44. The molecular formula is C17H21N3O2S. The Hall–Kier alpha value is -1.76. The van der Waals surface area contributed by atoms with E-state index in [4.69, 9.17) is 10.5 Å². The van der Waals surface area contributed by atoms with E-state index in [0.29, 0.717) is 31.9 Å². The zero-order chi connectivity index (χ0) is 16.1. The van der Waals surface area contributed by atoms with Gasteiger partial charge in [-0.3, -0.25) is 4.79 Å². The molecule has 0 unspecified atom stereocenters. The summed E-state index contributed by atoms with van der Waals surface area (Å²) in [5, 5.41) is 2.59. The molecule has 0 atom stereocenters. The van der Waals surface area contributed by atoms with Gasteiger partial charge in [-0.2, -0.15) is 0 Å². The molecule has 1 aromatic heterocycles.